The molecule has 0 saturated heterocycles. The summed E-state index contributed by atoms with van der Waals surface area (Å²) >= 11 is 1.39. The molecule has 0 saturated carbocycles. The van der Waals surface area contributed by atoms with E-state index in [0.29, 0.717) is 22.7 Å². The summed E-state index contributed by atoms with van der Waals surface area (Å²) in [5.41, 5.74) is 0. The summed E-state index contributed by atoms with van der Waals surface area (Å²) in [6.07, 6.45) is 2.08. The van der Waals surface area contributed by atoms with Crippen molar-refractivity contribution < 1.29 is 4.79 Å². The molecule has 0 bridgehead atoms. The number of hydrogen-bond acceptors (Lipinski definition) is 5. The maximum absolute atomic E-state index is 12.4. The molecule has 120 valence electrons. The van der Waals surface area contributed by atoms with Gasteiger partial charge in [0.05, 0.1) is 5.75 Å². The van der Waals surface area contributed by atoms with E-state index < -0.39 is 0 Å². The Morgan fingerprint density at radius 2 is 1.76 bits per heavy atom. The van der Waals surface area contributed by atoms with Gasteiger partial charge in [-0.3, -0.25) is 4.79 Å². The Kier molecular flexibility index (Phi) is 7.71. The van der Waals surface area contributed by atoms with Gasteiger partial charge in [-0.05, 0) is 35.1 Å². The van der Waals surface area contributed by atoms with E-state index in [2.05, 4.69) is 43.2 Å². The van der Waals surface area contributed by atoms with Crippen LogP contribution in [0.1, 0.15) is 40.5 Å². The first kappa shape index (κ1) is 17.9. The fourth-order valence-electron chi connectivity index (χ4n) is 1.75. The lowest BCUT2D eigenvalue weighted by atomic mass is 10.1. The average molecular weight is 313 g/mol. The van der Waals surface area contributed by atoms with Gasteiger partial charge in [-0.15, -0.1) is 5.10 Å². The van der Waals surface area contributed by atoms with Crippen molar-refractivity contribution in [1.82, 2.24) is 25.1 Å². The molecule has 7 heteroatoms. The van der Waals surface area contributed by atoms with Crippen molar-refractivity contribution in [3.63, 3.8) is 0 Å². The number of rotatable bonds is 9. The standard InChI is InChI=1S/C14H27N5OS/c1-11(2)6-8-19(9-7-12(3)4)13(20)10-21-14-15-16-17-18(14)5/h11-12H,6-10H2,1-5H3. The predicted octanol–water partition coefficient (Wildman–Crippen LogP) is 2.22. The van der Waals surface area contributed by atoms with E-state index in [9.17, 15) is 4.79 Å². The third-order valence-electron chi connectivity index (χ3n) is 3.21. The first-order valence-electron chi connectivity index (χ1n) is 7.53. The maximum atomic E-state index is 12.4. The molecule has 0 aliphatic carbocycles. The zero-order chi connectivity index (χ0) is 15.8. The van der Waals surface area contributed by atoms with Gasteiger partial charge in [-0.25, -0.2) is 4.68 Å². The molecule has 0 aliphatic heterocycles. The molecular weight excluding hydrogens is 286 g/mol. The average Bonchev–Trinajstić information content (AvgIpc) is 2.81. The lowest BCUT2D eigenvalue weighted by molar-refractivity contribution is -0.128. The first-order chi connectivity index (χ1) is 9.90. The Morgan fingerprint density at radius 1 is 1.19 bits per heavy atom. The third-order valence-corrected chi connectivity index (χ3v) is 4.21. The van der Waals surface area contributed by atoms with Gasteiger partial charge in [0.15, 0.2) is 0 Å². The zero-order valence-corrected chi connectivity index (χ0v) is 14.6. The Hall–Kier alpha value is -1.11. The molecule has 1 heterocycles. The molecule has 0 aliphatic rings. The van der Waals surface area contributed by atoms with E-state index in [1.54, 1.807) is 11.7 Å². The summed E-state index contributed by atoms with van der Waals surface area (Å²) in [6.45, 7) is 10.4. The molecular formula is C14H27N5OS. The lowest BCUT2D eigenvalue weighted by Gasteiger charge is -2.24. The van der Waals surface area contributed by atoms with Crippen LogP contribution in [0, 0.1) is 11.8 Å². The lowest BCUT2D eigenvalue weighted by Crippen LogP contribution is -2.35. The molecule has 1 amide bonds. The summed E-state index contributed by atoms with van der Waals surface area (Å²) in [5.74, 6) is 1.78. The minimum absolute atomic E-state index is 0.171. The summed E-state index contributed by atoms with van der Waals surface area (Å²) < 4.78 is 1.59. The second kappa shape index (κ2) is 9.02. The number of hydrogen-bond donors (Lipinski definition) is 0. The number of aromatic nitrogens is 4. The van der Waals surface area contributed by atoms with Gasteiger partial charge in [0, 0.05) is 20.1 Å². The van der Waals surface area contributed by atoms with Crippen molar-refractivity contribution in [3.05, 3.63) is 0 Å². The highest BCUT2D eigenvalue weighted by Crippen LogP contribution is 2.14. The maximum Gasteiger partial charge on any atom is 0.233 e. The van der Waals surface area contributed by atoms with Crippen LogP contribution >= 0.6 is 11.8 Å². The van der Waals surface area contributed by atoms with Crippen LogP contribution in [0.2, 0.25) is 0 Å². The Morgan fingerprint density at radius 3 is 2.19 bits per heavy atom. The monoisotopic (exact) mass is 313 g/mol. The molecule has 1 aromatic rings. The number of carbonyl (C=O) groups excluding carboxylic acids is 1. The third kappa shape index (κ3) is 6.93. The molecule has 6 nitrogen and oxygen atoms in total. The van der Waals surface area contributed by atoms with Crippen molar-refractivity contribution in [2.45, 2.75) is 45.7 Å². The molecule has 0 radical (unpaired) electrons. The fourth-order valence-corrected chi connectivity index (χ4v) is 2.50. The fraction of sp³-hybridized carbons (Fsp3) is 0.857. The van der Waals surface area contributed by atoms with Crippen LogP contribution in [0.3, 0.4) is 0 Å². The van der Waals surface area contributed by atoms with Crippen molar-refractivity contribution in [3.8, 4) is 0 Å². The number of tetrazole rings is 1. The second-order valence-electron chi connectivity index (χ2n) is 6.12. The smallest absolute Gasteiger partial charge is 0.233 e. The summed E-state index contributed by atoms with van der Waals surface area (Å²) in [6, 6.07) is 0. The molecule has 21 heavy (non-hydrogen) atoms. The quantitative estimate of drug-likeness (QED) is 0.654. The van der Waals surface area contributed by atoms with E-state index in [4.69, 9.17) is 0 Å². The molecule has 0 N–H and O–H groups in total. The largest absolute Gasteiger partial charge is 0.342 e. The van der Waals surface area contributed by atoms with Gasteiger partial charge in [-0.2, -0.15) is 0 Å². The predicted molar refractivity (Wildman–Crippen MR) is 85.0 cm³/mol. The first-order valence-corrected chi connectivity index (χ1v) is 8.51. The summed E-state index contributed by atoms with van der Waals surface area (Å²) in [7, 11) is 1.78. The number of nitrogens with zero attached hydrogens (tertiary/aromatic N) is 5. The van der Waals surface area contributed by atoms with Crippen LogP contribution in [0.4, 0.5) is 0 Å². The second-order valence-corrected chi connectivity index (χ2v) is 7.06. The minimum atomic E-state index is 0.171. The molecule has 0 fully saturated rings. The molecule has 1 aromatic heterocycles. The van der Waals surface area contributed by atoms with Gasteiger partial charge in [-0.1, -0.05) is 39.5 Å². The number of thioether (sulfide) groups is 1. The summed E-state index contributed by atoms with van der Waals surface area (Å²) in [5, 5.41) is 11.9. The van der Waals surface area contributed by atoms with Crippen LogP contribution < -0.4 is 0 Å². The van der Waals surface area contributed by atoms with Crippen LogP contribution in [0.15, 0.2) is 5.16 Å². The molecule has 0 spiro atoms. The van der Waals surface area contributed by atoms with Gasteiger partial charge in [0.1, 0.15) is 0 Å². The van der Waals surface area contributed by atoms with E-state index in [1.165, 1.54) is 11.8 Å². The van der Waals surface area contributed by atoms with Crippen LogP contribution in [0.25, 0.3) is 0 Å². The van der Waals surface area contributed by atoms with Crippen molar-refractivity contribution in [1.29, 1.82) is 0 Å². The van der Waals surface area contributed by atoms with Crippen molar-refractivity contribution >= 4 is 17.7 Å². The minimum Gasteiger partial charge on any atom is -0.342 e. The van der Waals surface area contributed by atoms with E-state index in [1.807, 2.05) is 4.90 Å². The zero-order valence-electron chi connectivity index (χ0n) is 13.7. The Balaban J connectivity index is 2.50. The van der Waals surface area contributed by atoms with E-state index >= 15 is 0 Å². The SMILES string of the molecule is CC(C)CCN(CCC(C)C)C(=O)CSc1nnnn1C. The highest BCUT2D eigenvalue weighted by Gasteiger charge is 2.16. The molecule has 0 aromatic carbocycles. The molecule has 1 rings (SSSR count). The normalized spacial score (nSPS) is 11.4. The highest BCUT2D eigenvalue weighted by atomic mass is 32.2. The van der Waals surface area contributed by atoms with E-state index in [-0.39, 0.29) is 5.91 Å². The summed E-state index contributed by atoms with van der Waals surface area (Å²) in [4.78, 5) is 14.4. The van der Waals surface area contributed by atoms with Crippen LogP contribution in [-0.4, -0.2) is 49.9 Å². The highest BCUT2D eigenvalue weighted by molar-refractivity contribution is 7.99. The Bertz CT molecular complexity index is 421. The van der Waals surface area contributed by atoms with Gasteiger partial charge < -0.3 is 4.90 Å². The van der Waals surface area contributed by atoms with Crippen LogP contribution in [0.5, 0.6) is 0 Å². The van der Waals surface area contributed by atoms with E-state index in [0.717, 1.165) is 25.9 Å². The molecule has 0 atom stereocenters. The van der Waals surface area contributed by atoms with Crippen LogP contribution in [-0.2, 0) is 11.8 Å². The number of carbonyl (C=O) groups is 1. The van der Waals surface area contributed by atoms with Gasteiger partial charge in [0.25, 0.3) is 0 Å². The number of amides is 1. The van der Waals surface area contributed by atoms with Crippen molar-refractivity contribution in [2.24, 2.45) is 18.9 Å². The van der Waals surface area contributed by atoms with Gasteiger partial charge >= 0.3 is 0 Å². The Labute approximate surface area is 131 Å². The topological polar surface area (TPSA) is 63.9 Å². The van der Waals surface area contributed by atoms with Gasteiger partial charge in [0.2, 0.25) is 11.1 Å². The van der Waals surface area contributed by atoms with Crippen molar-refractivity contribution in [2.75, 3.05) is 18.8 Å². The number of aryl methyl sites for hydroxylation is 1. The molecule has 0 unspecified atom stereocenters.